The van der Waals surface area contributed by atoms with Crippen molar-refractivity contribution in [2.24, 2.45) is 0 Å². The predicted octanol–water partition coefficient (Wildman–Crippen LogP) is 2.86. The number of fused-ring (bicyclic) bond motifs is 1. The summed E-state index contributed by atoms with van der Waals surface area (Å²) in [6.45, 7) is 5.72. The third kappa shape index (κ3) is 3.34. The molecule has 0 atom stereocenters. The number of nitrogens with zero attached hydrogens (tertiary/aromatic N) is 1. The van der Waals surface area contributed by atoms with Crippen LogP contribution in [0.1, 0.15) is 43.2 Å². The van der Waals surface area contributed by atoms with Crippen molar-refractivity contribution >= 4 is 22.2 Å². The molecule has 0 fully saturated rings. The zero-order valence-electron chi connectivity index (χ0n) is 11.5. The minimum Gasteiger partial charge on any atom is -0.366 e. The first kappa shape index (κ1) is 14.0. The van der Waals surface area contributed by atoms with Gasteiger partial charge >= 0.3 is 0 Å². The molecule has 0 unspecified atom stereocenters. The Hall–Kier alpha value is -1.38. The van der Waals surface area contributed by atoms with E-state index in [1.54, 1.807) is 0 Å². The van der Waals surface area contributed by atoms with Crippen molar-refractivity contribution in [1.29, 1.82) is 5.26 Å². The van der Waals surface area contributed by atoms with Crippen LogP contribution in [-0.4, -0.2) is 18.1 Å². The Morgan fingerprint density at radius 1 is 1.47 bits per heavy atom. The molecule has 5 heteroatoms. The molecule has 1 aliphatic carbocycles. The first-order valence-corrected chi connectivity index (χ1v) is 7.21. The molecule has 0 saturated carbocycles. The van der Waals surface area contributed by atoms with Gasteiger partial charge in [-0.2, -0.15) is 5.26 Å². The fourth-order valence-corrected chi connectivity index (χ4v) is 3.31. The summed E-state index contributed by atoms with van der Waals surface area (Å²) in [6.07, 6.45) is 3.07. The molecule has 0 spiro atoms. The lowest BCUT2D eigenvalue weighted by atomic mass is 10.1. The predicted molar refractivity (Wildman–Crippen MR) is 75.4 cm³/mol. The van der Waals surface area contributed by atoms with E-state index < -0.39 is 0 Å². The van der Waals surface area contributed by atoms with E-state index in [2.05, 4.69) is 11.4 Å². The van der Waals surface area contributed by atoms with Crippen LogP contribution in [0.2, 0.25) is 0 Å². The second kappa shape index (κ2) is 5.32. The number of aryl methyl sites for hydroxylation is 1. The van der Waals surface area contributed by atoms with Crippen molar-refractivity contribution < 1.29 is 9.53 Å². The third-order valence-corrected chi connectivity index (χ3v) is 4.13. The van der Waals surface area contributed by atoms with E-state index in [-0.39, 0.29) is 18.1 Å². The van der Waals surface area contributed by atoms with Crippen molar-refractivity contribution in [2.75, 3.05) is 11.9 Å². The Balaban J connectivity index is 2.04. The Morgan fingerprint density at radius 3 is 2.84 bits per heavy atom. The molecule has 4 nitrogen and oxygen atoms in total. The molecule has 1 aliphatic rings. The van der Waals surface area contributed by atoms with Crippen LogP contribution in [0.5, 0.6) is 0 Å². The van der Waals surface area contributed by atoms with Crippen LogP contribution in [0.15, 0.2) is 0 Å². The Morgan fingerprint density at radius 2 is 2.21 bits per heavy atom. The van der Waals surface area contributed by atoms with E-state index in [1.807, 2.05) is 20.8 Å². The number of ether oxygens (including phenoxy) is 1. The number of hydrogen-bond acceptors (Lipinski definition) is 4. The molecule has 1 heterocycles. The molecule has 1 aromatic rings. The number of nitrogens with one attached hydrogen (secondary N) is 1. The van der Waals surface area contributed by atoms with Crippen LogP contribution in [0.4, 0.5) is 5.00 Å². The second-order valence-electron chi connectivity index (χ2n) is 5.62. The zero-order chi connectivity index (χ0) is 14.0. The summed E-state index contributed by atoms with van der Waals surface area (Å²) in [5.74, 6) is -0.202. The Bertz CT molecular complexity index is 535. The van der Waals surface area contributed by atoms with Crippen LogP contribution in [-0.2, 0) is 22.4 Å². The fraction of sp³-hybridized carbons (Fsp3) is 0.571. The SMILES string of the molecule is CC(C)(C)OCC(=O)Nc1sc2c(c1C#N)CCC2. The molecule has 0 aliphatic heterocycles. The van der Waals surface area contributed by atoms with Crippen molar-refractivity contribution in [1.82, 2.24) is 0 Å². The van der Waals surface area contributed by atoms with Gasteiger partial charge in [0.1, 0.15) is 17.7 Å². The van der Waals surface area contributed by atoms with Crippen molar-refractivity contribution in [3.05, 3.63) is 16.0 Å². The van der Waals surface area contributed by atoms with Crippen molar-refractivity contribution in [3.8, 4) is 6.07 Å². The highest BCUT2D eigenvalue weighted by molar-refractivity contribution is 7.16. The number of hydrogen-bond donors (Lipinski definition) is 1. The smallest absolute Gasteiger partial charge is 0.251 e. The first-order chi connectivity index (χ1) is 8.90. The third-order valence-electron chi connectivity index (χ3n) is 2.92. The molecule has 19 heavy (non-hydrogen) atoms. The summed E-state index contributed by atoms with van der Waals surface area (Å²) in [7, 11) is 0. The number of carbonyl (C=O) groups excluding carboxylic acids is 1. The van der Waals surface area contributed by atoms with Gasteiger partial charge in [-0.05, 0) is 45.6 Å². The fourth-order valence-electron chi connectivity index (χ4n) is 2.06. The van der Waals surface area contributed by atoms with Crippen LogP contribution in [0.25, 0.3) is 0 Å². The maximum atomic E-state index is 11.8. The summed E-state index contributed by atoms with van der Waals surface area (Å²) in [5, 5.41) is 12.7. The van der Waals surface area contributed by atoms with Gasteiger partial charge in [0.05, 0.1) is 11.2 Å². The number of thiophene rings is 1. The molecule has 102 valence electrons. The van der Waals surface area contributed by atoms with Gasteiger partial charge in [0.2, 0.25) is 0 Å². The second-order valence-corrected chi connectivity index (χ2v) is 6.73. The van der Waals surface area contributed by atoms with Gasteiger partial charge in [0.25, 0.3) is 5.91 Å². The lowest BCUT2D eigenvalue weighted by molar-refractivity contribution is -0.125. The van der Waals surface area contributed by atoms with Gasteiger partial charge in [-0.15, -0.1) is 11.3 Å². The van der Waals surface area contributed by atoms with Gasteiger partial charge in [-0.1, -0.05) is 0 Å². The highest BCUT2D eigenvalue weighted by Gasteiger charge is 2.23. The van der Waals surface area contributed by atoms with Gasteiger partial charge in [-0.3, -0.25) is 4.79 Å². The molecule has 0 bridgehead atoms. The van der Waals surface area contributed by atoms with Crippen LogP contribution < -0.4 is 5.32 Å². The van der Waals surface area contributed by atoms with Crippen LogP contribution >= 0.6 is 11.3 Å². The topological polar surface area (TPSA) is 62.1 Å². The Kier molecular flexibility index (Phi) is 3.93. The molecule has 0 aromatic carbocycles. The monoisotopic (exact) mass is 278 g/mol. The van der Waals surface area contributed by atoms with E-state index >= 15 is 0 Å². The summed E-state index contributed by atoms with van der Waals surface area (Å²) in [6, 6.07) is 2.21. The summed E-state index contributed by atoms with van der Waals surface area (Å²) in [5.41, 5.74) is 1.42. The average Bonchev–Trinajstić information content (AvgIpc) is 2.85. The maximum absolute atomic E-state index is 11.8. The van der Waals surface area contributed by atoms with Gasteiger partial charge in [0, 0.05) is 4.88 Å². The van der Waals surface area contributed by atoms with E-state index in [9.17, 15) is 10.1 Å². The highest BCUT2D eigenvalue weighted by atomic mass is 32.1. The van der Waals surface area contributed by atoms with Crippen LogP contribution in [0.3, 0.4) is 0 Å². The number of rotatable bonds is 3. The molecule has 0 saturated heterocycles. The molecule has 2 rings (SSSR count). The van der Waals surface area contributed by atoms with Crippen molar-refractivity contribution in [3.63, 3.8) is 0 Å². The van der Waals surface area contributed by atoms with Gasteiger partial charge in [0.15, 0.2) is 0 Å². The normalized spacial score (nSPS) is 14.0. The van der Waals surface area contributed by atoms with Crippen molar-refractivity contribution in [2.45, 2.75) is 45.6 Å². The first-order valence-electron chi connectivity index (χ1n) is 6.39. The summed E-state index contributed by atoms with van der Waals surface area (Å²) >= 11 is 1.52. The molecule has 1 N–H and O–H groups in total. The summed E-state index contributed by atoms with van der Waals surface area (Å²) in [4.78, 5) is 13.1. The molecule has 1 aromatic heterocycles. The van der Waals surface area contributed by atoms with E-state index in [4.69, 9.17) is 4.74 Å². The number of amides is 1. The lowest BCUT2D eigenvalue weighted by Crippen LogP contribution is -2.27. The molecular weight excluding hydrogens is 260 g/mol. The molecule has 0 radical (unpaired) electrons. The maximum Gasteiger partial charge on any atom is 0.251 e. The number of nitriles is 1. The quantitative estimate of drug-likeness (QED) is 0.924. The standard InChI is InChI=1S/C14H18N2O2S/c1-14(2,3)18-8-12(17)16-13-10(7-15)9-5-4-6-11(9)19-13/h4-6,8H2,1-3H3,(H,16,17). The minimum absolute atomic E-state index is 0.0108. The number of carbonyl (C=O) groups is 1. The lowest BCUT2D eigenvalue weighted by Gasteiger charge is -2.18. The van der Waals surface area contributed by atoms with Gasteiger partial charge < -0.3 is 10.1 Å². The zero-order valence-corrected chi connectivity index (χ0v) is 12.3. The summed E-state index contributed by atoms with van der Waals surface area (Å²) < 4.78 is 5.42. The number of anilines is 1. The van der Waals surface area contributed by atoms with E-state index in [1.165, 1.54) is 16.2 Å². The largest absolute Gasteiger partial charge is 0.366 e. The minimum atomic E-state index is -0.341. The Labute approximate surface area is 117 Å². The van der Waals surface area contributed by atoms with Crippen LogP contribution in [0, 0.1) is 11.3 Å². The van der Waals surface area contributed by atoms with E-state index in [0.29, 0.717) is 10.6 Å². The molecule has 1 amide bonds. The van der Waals surface area contributed by atoms with Gasteiger partial charge in [-0.25, -0.2) is 0 Å². The highest BCUT2D eigenvalue weighted by Crippen LogP contribution is 2.38. The van der Waals surface area contributed by atoms with E-state index in [0.717, 1.165) is 24.8 Å². The average molecular weight is 278 g/mol. The molecular formula is C14H18N2O2S.